The molecule has 0 amide bonds. The Labute approximate surface area is 127 Å². The summed E-state index contributed by atoms with van der Waals surface area (Å²) in [5.41, 5.74) is 0. The van der Waals surface area contributed by atoms with Gasteiger partial charge in [0.1, 0.15) is 4.90 Å². The van der Waals surface area contributed by atoms with Crippen molar-refractivity contribution in [1.82, 2.24) is 9.62 Å². The monoisotopic (exact) mass is 330 g/mol. The number of rotatable bonds is 2. The summed E-state index contributed by atoms with van der Waals surface area (Å²) < 4.78 is 28.1. The molecule has 1 aliphatic rings. The van der Waals surface area contributed by atoms with E-state index in [2.05, 4.69) is 5.32 Å². The molecule has 1 aliphatic heterocycles. The Hall–Kier alpha value is -0.660. The van der Waals surface area contributed by atoms with Gasteiger partial charge in [0, 0.05) is 40.1 Å². The van der Waals surface area contributed by atoms with Crippen LogP contribution in [0.3, 0.4) is 0 Å². The van der Waals surface area contributed by atoms with Gasteiger partial charge in [-0.1, -0.05) is 11.6 Å². The second-order valence-electron chi connectivity index (χ2n) is 4.75. The van der Waals surface area contributed by atoms with E-state index in [0.29, 0.717) is 29.6 Å². The predicted octanol–water partition coefficient (Wildman–Crippen LogP) is 2.54. The van der Waals surface area contributed by atoms with E-state index in [9.17, 15) is 8.42 Å². The van der Waals surface area contributed by atoms with Crippen LogP contribution in [-0.4, -0.2) is 38.9 Å². The van der Waals surface area contributed by atoms with Crippen LogP contribution in [0.15, 0.2) is 28.5 Å². The molecule has 7 heteroatoms. The van der Waals surface area contributed by atoms with E-state index in [1.54, 1.807) is 21.8 Å². The Morgan fingerprint density at radius 3 is 2.95 bits per heavy atom. The van der Waals surface area contributed by atoms with Crippen LogP contribution < -0.4 is 5.32 Å². The normalized spacial score (nSPS) is 18.2. The maximum Gasteiger partial charge on any atom is 0.244 e. The number of nitrogens with one attached hydrogen (secondary N) is 1. The van der Waals surface area contributed by atoms with Gasteiger partial charge in [-0.25, -0.2) is 8.42 Å². The summed E-state index contributed by atoms with van der Waals surface area (Å²) in [5.74, 6) is 0. The summed E-state index contributed by atoms with van der Waals surface area (Å²) in [6.45, 7) is 2.64. The minimum absolute atomic E-state index is 0.377. The van der Waals surface area contributed by atoms with Crippen LogP contribution in [0.4, 0.5) is 0 Å². The lowest BCUT2D eigenvalue weighted by molar-refractivity contribution is 0.432. The topological polar surface area (TPSA) is 49.4 Å². The molecule has 1 aromatic carbocycles. The Bertz CT molecular complexity index is 719. The number of hydrogen-bond donors (Lipinski definition) is 1. The van der Waals surface area contributed by atoms with Gasteiger partial charge < -0.3 is 5.32 Å². The van der Waals surface area contributed by atoms with Gasteiger partial charge in [0.15, 0.2) is 0 Å². The maximum atomic E-state index is 12.8. The van der Waals surface area contributed by atoms with Gasteiger partial charge >= 0.3 is 0 Å². The number of fused-ring (bicyclic) bond motifs is 1. The standard InChI is InChI=1S/C13H15ClN2O2S2/c14-10-2-3-12-11(8-10)13(9-19-12)20(17,18)16-6-1-4-15-5-7-16/h2-3,8-9,15H,1,4-7H2. The average Bonchev–Trinajstić information content (AvgIpc) is 2.65. The molecule has 4 nitrogen and oxygen atoms in total. The van der Waals surface area contributed by atoms with E-state index in [1.165, 1.54) is 11.3 Å². The highest BCUT2D eigenvalue weighted by Crippen LogP contribution is 2.33. The van der Waals surface area contributed by atoms with Gasteiger partial charge in [-0.3, -0.25) is 0 Å². The molecule has 0 unspecified atom stereocenters. The number of hydrogen-bond acceptors (Lipinski definition) is 4. The molecule has 1 saturated heterocycles. The van der Waals surface area contributed by atoms with E-state index >= 15 is 0 Å². The van der Waals surface area contributed by atoms with Crippen molar-refractivity contribution in [1.29, 1.82) is 0 Å². The van der Waals surface area contributed by atoms with Crippen molar-refractivity contribution >= 4 is 43.0 Å². The Kier molecular flexibility index (Phi) is 4.01. The first-order valence-electron chi connectivity index (χ1n) is 6.47. The van der Waals surface area contributed by atoms with Crippen LogP contribution in [0.5, 0.6) is 0 Å². The molecule has 0 bridgehead atoms. The van der Waals surface area contributed by atoms with E-state index < -0.39 is 10.0 Å². The highest BCUT2D eigenvalue weighted by molar-refractivity contribution is 7.89. The lowest BCUT2D eigenvalue weighted by Gasteiger charge is -2.19. The molecular formula is C13H15ClN2O2S2. The van der Waals surface area contributed by atoms with Crippen molar-refractivity contribution in [3.63, 3.8) is 0 Å². The Balaban J connectivity index is 2.06. The van der Waals surface area contributed by atoms with Gasteiger partial charge in [0.05, 0.1) is 0 Å². The molecule has 3 rings (SSSR count). The molecule has 0 saturated carbocycles. The summed E-state index contributed by atoms with van der Waals surface area (Å²) in [4.78, 5) is 0.377. The molecule has 1 N–H and O–H groups in total. The molecule has 2 heterocycles. The van der Waals surface area contributed by atoms with E-state index in [1.807, 2.05) is 6.07 Å². The summed E-state index contributed by atoms with van der Waals surface area (Å²) >= 11 is 7.43. The minimum Gasteiger partial charge on any atom is -0.315 e. The lowest BCUT2D eigenvalue weighted by atomic mass is 10.3. The quantitative estimate of drug-likeness (QED) is 0.920. The molecular weight excluding hydrogens is 316 g/mol. The first-order chi connectivity index (χ1) is 9.59. The highest BCUT2D eigenvalue weighted by atomic mass is 35.5. The second kappa shape index (κ2) is 5.61. The molecule has 1 aromatic heterocycles. The molecule has 0 aliphatic carbocycles. The smallest absolute Gasteiger partial charge is 0.244 e. The largest absolute Gasteiger partial charge is 0.315 e. The van der Waals surface area contributed by atoms with Crippen molar-refractivity contribution in [2.75, 3.05) is 26.2 Å². The van der Waals surface area contributed by atoms with Crippen molar-refractivity contribution in [3.05, 3.63) is 28.6 Å². The first-order valence-corrected chi connectivity index (χ1v) is 9.16. The zero-order valence-corrected chi connectivity index (χ0v) is 13.2. The van der Waals surface area contributed by atoms with Gasteiger partial charge in [-0.05, 0) is 31.2 Å². The van der Waals surface area contributed by atoms with E-state index in [0.717, 1.165) is 23.1 Å². The van der Waals surface area contributed by atoms with Gasteiger partial charge in [-0.2, -0.15) is 4.31 Å². The maximum absolute atomic E-state index is 12.8. The van der Waals surface area contributed by atoms with Crippen molar-refractivity contribution in [3.8, 4) is 0 Å². The number of nitrogens with zero attached hydrogens (tertiary/aromatic N) is 1. The number of thiophene rings is 1. The summed E-state index contributed by atoms with van der Waals surface area (Å²) in [7, 11) is -3.44. The van der Waals surface area contributed by atoms with Crippen LogP contribution in [-0.2, 0) is 10.0 Å². The second-order valence-corrected chi connectivity index (χ2v) is 8.00. The van der Waals surface area contributed by atoms with Crippen LogP contribution in [0, 0.1) is 0 Å². The van der Waals surface area contributed by atoms with Crippen molar-refractivity contribution in [2.45, 2.75) is 11.3 Å². The van der Waals surface area contributed by atoms with Crippen LogP contribution in [0.2, 0.25) is 5.02 Å². The third-order valence-corrected chi connectivity index (χ3v) is 6.70. The molecule has 108 valence electrons. The fraction of sp³-hybridized carbons (Fsp3) is 0.385. The fourth-order valence-electron chi connectivity index (χ4n) is 2.38. The van der Waals surface area contributed by atoms with Crippen LogP contribution in [0.1, 0.15) is 6.42 Å². The third kappa shape index (κ3) is 2.58. The lowest BCUT2D eigenvalue weighted by Crippen LogP contribution is -2.34. The number of sulfonamides is 1. The van der Waals surface area contributed by atoms with Gasteiger partial charge in [0.2, 0.25) is 10.0 Å². The molecule has 0 atom stereocenters. The first kappa shape index (κ1) is 14.3. The zero-order chi connectivity index (χ0) is 14.2. The highest BCUT2D eigenvalue weighted by Gasteiger charge is 2.27. The van der Waals surface area contributed by atoms with Gasteiger partial charge in [-0.15, -0.1) is 11.3 Å². The van der Waals surface area contributed by atoms with Crippen molar-refractivity contribution < 1.29 is 8.42 Å². The summed E-state index contributed by atoms with van der Waals surface area (Å²) in [6.07, 6.45) is 0.835. The van der Waals surface area contributed by atoms with Crippen LogP contribution >= 0.6 is 22.9 Å². The third-order valence-electron chi connectivity index (χ3n) is 3.42. The molecule has 20 heavy (non-hydrogen) atoms. The molecule has 0 spiro atoms. The Morgan fingerprint density at radius 2 is 2.10 bits per heavy atom. The Morgan fingerprint density at radius 1 is 1.25 bits per heavy atom. The number of halogens is 1. The minimum atomic E-state index is -3.44. The molecule has 1 fully saturated rings. The zero-order valence-electron chi connectivity index (χ0n) is 10.8. The van der Waals surface area contributed by atoms with Crippen molar-refractivity contribution in [2.24, 2.45) is 0 Å². The fourth-order valence-corrected chi connectivity index (χ4v) is 5.48. The van der Waals surface area contributed by atoms with Crippen LogP contribution in [0.25, 0.3) is 10.1 Å². The predicted molar refractivity (Wildman–Crippen MR) is 83.1 cm³/mol. The van der Waals surface area contributed by atoms with Gasteiger partial charge in [0.25, 0.3) is 0 Å². The SMILES string of the molecule is O=S(=O)(c1csc2ccc(Cl)cc12)N1CCCNCC1. The average molecular weight is 331 g/mol. The molecule has 2 aromatic rings. The number of benzene rings is 1. The van der Waals surface area contributed by atoms with E-state index in [4.69, 9.17) is 11.6 Å². The summed E-state index contributed by atoms with van der Waals surface area (Å²) in [6, 6.07) is 5.38. The van der Waals surface area contributed by atoms with E-state index in [-0.39, 0.29) is 0 Å². The molecule has 0 radical (unpaired) electrons. The summed E-state index contributed by atoms with van der Waals surface area (Å²) in [5, 5.41) is 6.22.